The van der Waals surface area contributed by atoms with Crippen molar-refractivity contribution in [1.29, 1.82) is 0 Å². The zero-order valence-electron chi connectivity index (χ0n) is 29.5. The minimum absolute atomic E-state index is 0.159. The van der Waals surface area contributed by atoms with E-state index in [1.807, 2.05) is 40.9 Å². The number of halogens is 4. The Balaban J connectivity index is 2.99. The number of aryl methyl sites for hydroxylation is 1. The Morgan fingerprint density at radius 2 is 1.83 bits per heavy atom. The monoisotopic (exact) mass is 678 g/mol. The van der Waals surface area contributed by atoms with Crippen LogP contribution in [0.3, 0.4) is 0 Å². The van der Waals surface area contributed by atoms with Crippen molar-refractivity contribution in [3.63, 3.8) is 0 Å². The van der Waals surface area contributed by atoms with Crippen molar-refractivity contribution in [2.75, 3.05) is 39.8 Å². The highest BCUT2D eigenvalue weighted by molar-refractivity contribution is 5.81. The lowest BCUT2D eigenvalue weighted by molar-refractivity contribution is -0.119. The smallest absolute Gasteiger partial charge is 0.397 e. The molecule has 1 heterocycles. The molecule has 0 saturated heterocycles. The first-order chi connectivity index (χ1) is 22.5. The van der Waals surface area contributed by atoms with E-state index in [-0.39, 0.29) is 12.1 Å². The van der Waals surface area contributed by atoms with Gasteiger partial charge in [-0.1, -0.05) is 50.8 Å². The number of hydrogen-bond acceptors (Lipinski definition) is 7. The average molecular weight is 679 g/mol. The first-order valence-electron chi connectivity index (χ1n) is 16.0. The molecule has 0 fully saturated rings. The van der Waals surface area contributed by atoms with E-state index in [2.05, 4.69) is 28.5 Å². The summed E-state index contributed by atoms with van der Waals surface area (Å²) in [7, 11) is 3.77. The molecule has 0 spiro atoms. The molecule has 0 radical (unpaired) electrons. The average Bonchev–Trinajstić information content (AvgIpc) is 3.36. The zero-order chi connectivity index (χ0) is 36.6. The summed E-state index contributed by atoms with van der Waals surface area (Å²) >= 11 is 0. The van der Waals surface area contributed by atoms with Gasteiger partial charge in [0.25, 0.3) is 0 Å². The number of hydrazine groups is 1. The van der Waals surface area contributed by atoms with Gasteiger partial charge in [-0.15, -0.1) is 0 Å². The Morgan fingerprint density at radius 1 is 1.17 bits per heavy atom. The maximum Gasteiger partial charge on any atom is 0.419 e. The highest BCUT2D eigenvalue weighted by Gasteiger charge is 2.38. The molecule has 1 amide bonds. The molecule has 1 aromatic heterocycles. The SMILES string of the molecule is C=C/C(=C\CC=C(C)CN(N)/C=C(\N)c1cnn(C)c1C)CC(=O)N/C(C=C)=C/C(=C(/F)C(C)N(CC)CCCN(C)CC)C(F)(F)F. The number of allylic oxidation sites excluding steroid dienone is 6. The lowest BCUT2D eigenvalue weighted by Gasteiger charge is -2.28. The van der Waals surface area contributed by atoms with Crippen LogP contribution in [0, 0.1) is 6.92 Å². The Bertz CT molecular complexity index is 1390. The van der Waals surface area contributed by atoms with Crippen LogP contribution in [0.1, 0.15) is 58.2 Å². The largest absolute Gasteiger partial charge is 0.419 e. The number of aromatic nitrogens is 2. The Kier molecular flexibility index (Phi) is 17.9. The van der Waals surface area contributed by atoms with Crippen LogP contribution in [0.5, 0.6) is 0 Å². The number of nitrogens with two attached hydrogens (primary N) is 2. The van der Waals surface area contributed by atoms with Crippen molar-refractivity contribution < 1.29 is 22.4 Å². The van der Waals surface area contributed by atoms with Crippen LogP contribution in [-0.4, -0.2) is 82.5 Å². The second-order valence-electron chi connectivity index (χ2n) is 11.6. The Hall–Kier alpha value is -3.94. The molecule has 5 N–H and O–H groups in total. The number of nitrogens with one attached hydrogen (secondary N) is 1. The van der Waals surface area contributed by atoms with E-state index in [0.717, 1.165) is 36.0 Å². The van der Waals surface area contributed by atoms with E-state index in [0.29, 0.717) is 49.8 Å². The molecular formula is C35H54F4N8O. The standard InChI is InChI=1S/C35H54F4N8O/c1-10-28(17-14-16-25(5)23-47(41)24-32(40)30-22-42-45(9)26(30)6)20-33(48)43-29(11-2)21-31(35(37,38)39)34(36)27(7)46(13-4)19-15-18-44(8)12-3/h10-11,16-17,21-22,24,27H,1-2,12-15,18-20,23,40-41H2,3-9H3,(H,43,48)/b25-16?,28-17+,29-21+,32-24-,34-31-. The molecule has 0 bridgehead atoms. The molecule has 13 heteroatoms. The van der Waals surface area contributed by atoms with Crippen LogP contribution in [0.25, 0.3) is 5.70 Å². The minimum atomic E-state index is -4.99. The highest BCUT2D eigenvalue weighted by atomic mass is 19.4. The summed E-state index contributed by atoms with van der Waals surface area (Å²) in [6.07, 6.45) is 6.11. The van der Waals surface area contributed by atoms with Gasteiger partial charge in [-0.05, 0) is 78.0 Å². The zero-order valence-corrected chi connectivity index (χ0v) is 29.5. The summed E-state index contributed by atoms with van der Waals surface area (Å²) in [4.78, 5) is 16.5. The summed E-state index contributed by atoms with van der Waals surface area (Å²) in [6, 6.07) is -1.12. The van der Waals surface area contributed by atoms with Crippen LogP contribution < -0.4 is 16.9 Å². The summed E-state index contributed by atoms with van der Waals surface area (Å²) in [6.45, 7) is 19.0. The summed E-state index contributed by atoms with van der Waals surface area (Å²) in [5.74, 6) is 4.19. The molecule has 0 aliphatic heterocycles. The summed E-state index contributed by atoms with van der Waals surface area (Å²) in [5, 5.41) is 8.06. The molecule has 0 aliphatic rings. The van der Waals surface area contributed by atoms with E-state index < -0.39 is 29.5 Å². The van der Waals surface area contributed by atoms with E-state index >= 15 is 4.39 Å². The molecule has 0 aromatic carbocycles. The number of rotatable bonds is 20. The molecule has 268 valence electrons. The topological polar surface area (TPSA) is 109 Å². The Morgan fingerprint density at radius 3 is 2.35 bits per heavy atom. The fourth-order valence-electron chi connectivity index (χ4n) is 4.76. The summed E-state index contributed by atoms with van der Waals surface area (Å²) in [5.41, 5.74) is 8.11. The summed E-state index contributed by atoms with van der Waals surface area (Å²) < 4.78 is 59.4. The van der Waals surface area contributed by atoms with Gasteiger partial charge in [0.15, 0.2) is 0 Å². The fourth-order valence-corrected chi connectivity index (χ4v) is 4.76. The van der Waals surface area contributed by atoms with Crippen molar-refractivity contribution in [3.05, 3.63) is 95.4 Å². The molecule has 48 heavy (non-hydrogen) atoms. The highest BCUT2D eigenvalue weighted by Crippen LogP contribution is 2.33. The molecule has 1 unspecified atom stereocenters. The fraction of sp³-hybridized carbons (Fsp3) is 0.486. The quantitative estimate of drug-likeness (QED) is 0.0509. The second-order valence-corrected chi connectivity index (χ2v) is 11.6. The van der Waals surface area contributed by atoms with Crippen molar-refractivity contribution in [1.82, 2.24) is 29.9 Å². The van der Waals surface area contributed by atoms with Crippen molar-refractivity contribution in [2.45, 2.75) is 66.1 Å². The van der Waals surface area contributed by atoms with Crippen molar-refractivity contribution in [2.24, 2.45) is 18.6 Å². The number of hydrogen-bond donors (Lipinski definition) is 3. The first kappa shape index (κ1) is 42.1. The predicted molar refractivity (Wildman–Crippen MR) is 187 cm³/mol. The number of likely N-dealkylation sites (N-methyl/N-ethyl adjacent to an activating group) is 1. The van der Waals surface area contributed by atoms with Gasteiger partial charge < -0.3 is 21.0 Å². The molecule has 0 aliphatic carbocycles. The third kappa shape index (κ3) is 14.0. The molecule has 0 saturated carbocycles. The number of alkyl halides is 3. The predicted octanol–water partition coefficient (Wildman–Crippen LogP) is 6.02. The van der Waals surface area contributed by atoms with Crippen LogP contribution in [0.4, 0.5) is 17.6 Å². The van der Waals surface area contributed by atoms with Gasteiger partial charge in [0.1, 0.15) is 5.83 Å². The maximum absolute atomic E-state index is 15.4. The third-order valence-electron chi connectivity index (χ3n) is 7.97. The van der Waals surface area contributed by atoms with Gasteiger partial charge in [-0.3, -0.25) is 14.4 Å². The lowest BCUT2D eigenvalue weighted by Crippen LogP contribution is -2.37. The van der Waals surface area contributed by atoms with Gasteiger partial charge in [0.2, 0.25) is 5.91 Å². The van der Waals surface area contributed by atoms with E-state index in [4.69, 9.17) is 11.6 Å². The van der Waals surface area contributed by atoms with Crippen molar-refractivity contribution in [3.8, 4) is 0 Å². The van der Waals surface area contributed by atoms with Crippen molar-refractivity contribution >= 4 is 11.6 Å². The molecule has 9 nitrogen and oxygen atoms in total. The second kappa shape index (κ2) is 20.4. The van der Waals surface area contributed by atoms with Crippen LogP contribution >= 0.6 is 0 Å². The normalized spacial score (nSPS) is 14.7. The van der Waals surface area contributed by atoms with Crippen LogP contribution in [0.2, 0.25) is 0 Å². The van der Waals surface area contributed by atoms with Gasteiger partial charge in [0, 0.05) is 36.7 Å². The number of nitrogens with zero attached hydrogens (tertiary/aromatic N) is 5. The van der Waals surface area contributed by atoms with E-state index in [1.54, 1.807) is 35.0 Å². The number of amides is 1. The number of carbonyl (C=O) groups is 1. The van der Waals surface area contributed by atoms with Gasteiger partial charge in [0.05, 0.1) is 36.5 Å². The lowest BCUT2D eigenvalue weighted by atomic mass is 10.1. The van der Waals surface area contributed by atoms with Gasteiger partial charge >= 0.3 is 6.18 Å². The Labute approximate surface area is 283 Å². The molecule has 1 aromatic rings. The molecule has 1 rings (SSSR count). The minimum Gasteiger partial charge on any atom is -0.397 e. The molecule has 1 atom stereocenters. The van der Waals surface area contributed by atoms with Gasteiger partial charge in [-0.25, -0.2) is 10.2 Å². The van der Waals surface area contributed by atoms with E-state index in [9.17, 15) is 18.0 Å². The van der Waals surface area contributed by atoms with Gasteiger partial charge in [-0.2, -0.15) is 18.3 Å². The first-order valence-corrected chi connectivity index (χ1v) is 16.0. The maximum atomic E-state index is 15.4. The van der Waals surface area contributed by atoms with Crippen LogP contribution in [0.15, 0.2) is 84.2 Å². The third-order valence-corrected chi connectivity index (χ3v) is 7.97. The van der Waals surface area contributed by atoms with E-state index in [1.165, 1.54) is 18.0 Å². The van der Waals surface area contributed by atoms with Crippen LogP contribution in [-0.2, 0) is 11.8 Å². The number of carbonyl (C=O) groups excluding carboxylic acids is 1. The molecular weight excluding hydrogens is 624 g/mol.